The van der Waals surface area contributed by atoms with Crippen molar-refractivity contribution in [1.29, 1.82) is 0 Å². The number of rotatable bonds is 3. The molecule has 3 rings (SSSR count). The van der Waals surface area contributed by atoms with E-state index >= 15 is 0 Å². The lowest BCUT2D eigenvalue weighted by molar-refractivity contribution is 0.338. The van der Waals surface area contributed by atoms with Crippen molar-refractivity contribution >= 4 is 10.9 Å². The molecule has 2 aromatic rings. The van der Waals surface area contributed by atoms with Crippen LogP contribution in [0.15, 0.2) is 36.5 Å². The summed E-state index contributed by atoms with van der Waals surface area (Å²) in [6.07, 6.45) is 5.96. The molecule has 16 heavy (non-hydrogen) atoms. The van der Waals surface area contributed by atoms with Gasteiger partial charge in [0, 0.05) is 24.2 Å². The third-order valence-electron chi connectivity index (χ3n) is 3.43. The van der Waals surface area contributed by atoms with E-state index in [0.717, 1.165) is 18.1 Å². The average molecular weight is 212 g/mol. The minimum atomic E-state index is 0.743. The molecule has 0 atom stereocenters. The van der Waals surface area contributed by atoms with Crippen LogP contribution >= 0.6 is 0 Å². The first kappa shape index (κ1) is 9.79. The summed E-state index contributed by atoms with van der Waals surface area (Å²) in [4.78, 5) is 4.38. The number of pyridine rings is 1. The van der Waals surface area contributed by atoms with E-state index in [9.17, 15) is 0 Å². The van der Waals surface area contributed by atoms with Crippen molar-refractivity contribution in [3.8, 4) is 0 Å². The summed E-state index contributed by atoms with van der Waals surface area (Å²) in [6.45, 7) is 0.966. The topological polar surface area (TPSA) is 24.9 Å². The monoisotopic (exact) mass is 212 g/mol. The van der Waals surface area contributed by atoms with Crippen LogP contribution in [0.3, 0.4) is 0 Å². The molecule has 82 valence electrons. The Morgan fingerprint density at radius 1 is 1.19 bits per heavy atom. The van der Waals surface area contributed by atoms with E-state index in [2.05, 4.69) is 34.6 Å². The van der Waals surface area contributed by atoms with Crippen LogP contribution in [0.25, 0.3) is 10.9 Å². The highest BCUT2D eigenvalue weighted by molar-refractivity contribution is 5.81. The Kier molecular flexibility index (Phi) is 2.58. The fourth-order valence-corrected chi connectivity index (χ4v) is 2.18. The second kappa shape index (κ2) is 4.22. The van der Waals surface area contributed by atoms with Crippen LogP contribution < -0.4 is 5.32 Å². The molecule has 1 aliphatic carbocycles. The highest BCUT2D eigenvalue weighted by Gasteiger charge is 2.16. The van der Waals surface area contributed by atoms with Gasteiger partial charge in [-0.2, -0.15) is 0 Å². The Balaban J connectivity index is 1.84. The number of nitrogens with one attached hydrogen (secondary N) is 1. The van der Waals surface area contributed by atoms with Crippen molar-refractivity contribution in [2.24, 2.45) is 0 Å². The Morgan fingerprint density at radius 2 is 2.06 bits per heavy atom. The normalized spacial score (nSPS) is 16.2. The van der Waals surface area contributed by atoms with Gasteiger partial charge in [0.05, 0.1) is 5.52 Å². The maximum Gasteiger partial charge on any atom is 0.0705 e. The molecule has 2 heteroatoms. The molecule has 0 bridgehead atoms. The summed E-state index contributed by atoms with van der Waals surface area (Å²) >= 11 is 0. The van der Waals surface area contributed by atoms with E-state index in [-0.39, 0.29) is 0 Å². The highest BCUT2D eigenvalue weighted by atomic mass is 14.9. The Hall–Kier alpha value is -1.41. The van der Waals surface area contributed by atoms with Gasteiger partial charge >= 0.3 is 0 Å². The maximum absolute atomic E-state index is 4.38. The lowest BCUT2D eigenvalue weighted by Crippen LogP contribution is -2.34. The SMILES string of the molecule is c1ccc2c(CNC3CCC3)ccnc2c1. The molecule has 1 heterocycles. The van der Waals surface area contributed by atoms with Gasteiger partial charge < -0.3 is 5.32 Å². The van der Waals surface area contributed by atoms with Gasteiger partial charge in [-0.1, -0.05) is 24.6 Å². The fourth-order valence-electron chi connectivity index (χ4n) is 2.18. The average Bonchev–Trinajstić information content (AvgIpc) is 2.27. The summed E-state index contributed by atoms with van der Waals surface area (Å²) in [6, 6.07) is 11.2. The van der Waals surface area contributed by atoms with Crippen molar-refractivity contribution in [3.05, 3.63) is 42.1 Å². The van der Waals surface area contributed by atoms with Crippen LogP contribution in [-0.2, 0) is 6.54 Å². The quantitative estimate of drug-likeness (QED) is 0.846. The van der Waals surface area contributed by atoms with Crippen molar-refractivity contribution in [3.63, 3.8) is 0 Å². The molecule has 1 N–H and O–H groups in total. The number of aromatic nitrogens is 1. The molecule has 1 aromatic heterocycles. The van der Waals surface area contributed by atoms with Gasteiger partial charge in [-0.3, -0.25) is 4.98 Å². The van der Waals surface area contributed by atoms with Crippen LogP contribution in [0, 0.1) is 0 Å². The smallest absolute Gasteiger partial charge is 0.0705 e. The minimum absolute atomic E-state index is 0.743. The molecule has 1 fully saturated rings. The third kappa shape index (κ3) is 1.81. The van der Waals surface area contributed by atoms with Crippen LogP contribution in [0.1, 0.15) is 24.8 Å². The van der Waals surface area contributed by atoms with E-state index < -0.39 is 0 Å². The lowest BCUT2D eigenvalue weighted by atomic mass is 9.93. The van der Waals surface area contributed by atoms with E-state index in [0.29, 0.717) is 0 Å². The zero-order valence-corrected chi connectivity index (χ0v) is 9.32. The van der Waals surface area contributed by atoms with Crippen LogP contribution in [0.4, 0.5) is 0 Å². The van der Waals surface area contributed by atoms with Gasteiger partial charge in [0.1, 0.15) is 0 Å². The fraction of sp³-hybridized carbons (Fsp3) is 0.357. The first-order valence-corrected chi connectivity index (χ1v) is 5.99. The van der Waals surface area contributed by atoms with Gasteiger partial charge in [-0.15, -0.1) is 0 Å². The molecule has 0 saturated heterocycles. The van der Waals surface area contributed by atoms with Crippen molar-refractivity contribution in [2.75, 3.05) is 0 Å². The summed E-state index contributed by atoms with van der Waals surface area (Å²) in [5.74, 6) is 0. The molecule has 0 unspecified atom stereocenters. The van der Waals surface area contributed by atoms with E-state index in [1.807, 2.05) is 12.3 Å². The molecule has 0 spiro atoms. The lowest BCUT2D eigenvalue weighted by Gasteiger charge is -2.26. The minimum Gasteiger partial charge on any atom is -0.310 e. The number of hydrogen-bond acceptors (Lipinski definition) is 2. The van der Waals surface area contributed by atoms with Crippen molar-refractivity contribution < 1.29 is 0 Å². The van der Waals surface area contributed by atoms with E-state index in [1.54, 1.807) is 0 Å². The Bertz CT molecular complexity index is 484. The second-order valence-electron chi connectivity index (χ2n) is 4.50. The summed E-state index contributed by atoms with van der Waals surface area (Å²) in [5, 5.41) is 4.87. The summed E-state index contributed by atoms with van der Waals surface area (Å²) in [5.41, 5.74) is 2.45. The maximum atomic E-state index is 4.38. The number of hydrogen-bond donors (Lipinski definition) is 1. The molecule has 0 amide bonds. The van der Waals surface area contributed by atoms with E-state index in [4.69, 9.17) is 0 Å². The van der Waals surface area contributed by atoms with Crippen LogP contribution in [0.2, 0.25) is 0 Å². The number of benzene rings is 1. The summed E-state index contributed by atoms with van der Waals surface area (Å²) in [7, 11) is 0. The molecule has 0 aliphatic heterocycles. The largest absolute Gasteiger partial charge is 0.310 e. The van der Waals surface area contributed by atoms with Gasteiger partial charge in [0.15, 0.2) is 0 Å². The standard InChI is InChI=1S/C14H16N2/c1-2-7-14-13(6-1)11(8-9-15-14)10-16-12-4-3-5-12/h1-2,6-9,12,16H,3-5,10H2. The van der Waals surface area contributed by atoms with Crippen LogP contribution in [-0.4, -0.2) is 11.0 Å². The van der Waals surface area contributed by atoms with E-state index in [1.165, 1.54) is 30.2 Å². The molecule has 1 saturated carbocycles. The molecule has 2 nitrogen and oxygen atoms in total. The first-order valence-electron chi connectivity index (χ1n) is 5.99. The Labute approximate surface area is 95.7 Å². The third-order valence-corrected chi connectivity index (χ3v) is 3.43. The molecule has 1 aliphatic rings. The first-order chi connectivity index (χ1) is 7.93. The van der Waals surface area contributed by atoms with Crippen LogP contribution in [0.5, 0.6) is 0 Å². The highest BCUT2D eigenvalue weighted by Crippen LogP contribution is 2.20. The zero-order chi connectivity index (χ0) is 10.8. The molecule has 1 aromatic carbocycles. The van der Waals surface area contributed by atoms with Crippen molar-refractivity contribution in [1.82, 2.24) is 10.3 Å². The van der Waals surface area contributed by atoms with Gasteiger partial charge in [0.25, 0.3) is 0 Å². The van der Waals surface area contributed by atoms with Gasteiger partial charge in [-0.05, 0) is 30.5 Å². The van der Waals surface area contributed by atoms with Gasteiger partial charge in [0.2, 0.25) is 0 Å². The molecular formula is C14H16N2. The van der Waals surface area contributed by atoms with Gasteiger partial charge in [-0.25, -0.2) is 0 Å². The second-order valence-corrected chi connectivity index (χ2v) is 4.50. The Morgan fingerprint density at radius 3 is 2.88 bits per heavy atom. The van der Waals surface area contributed by atoms with Crippen molar-refractivity contribution in [2.45, 2.75) is 31.8 Å². The predicted molar refractivity (Wildman–Crippen MR) is 66.2 cm³/mol. The number of fused-ring (bicyclic) bond motifs is 1. The number of para-hydroxylation sites is 1. The molecule has 0 radical (unpaired) electrons. The predicted octanol–water partition coefficient (Wildman–Crippen LogP) is 2.88. The number of nitrogens with zero attached hydrogens (tertiary/aromatic N) is 1. The molecular weight excluding hydrogens is 196 g/mol. The summed E-state index contributed by atoms with van der Waals surface area (Å²) < 4.78 is 0. The zero-order valence-electron chi connectivity index (χ0n) is 9.32.